The van der Waals surface area contributed by atoms with Crippen LogP contribution < -0.4 is 10.6 Å². The van der Waals surface area contributed by atoms with Crippen molar-refractivity contribution in [2.75, 3.05) is 12.3 Å². The van der Waals surface area contributed by atoms with Crippen molar-refractivity contribution >= 4 is 29.3 Å². The van der Waals surface area contributed by atoms with E-state index in [1.54, 1.807) is 0 Å². The molecule has 5 heteroatoms. The van der Waals surface area contributed by atoms with Gasteiger partial charge in [-0.05, 0) is 56.7 Å². The highest BCUT2D eigenvalue weighted by Crippen LogP contribution is 2.37. The zero-order valence-corrected chi connectivity index (χ0v) is 14.4. The maximum absolute atomic E-state index is 11.8. The van der Waals surface area contributed by atoms with Gasteiger partial charge in [-0.15, -0.1) is 11.8 Å². The highest BCUT2D eigenvalue weighted by atomic mass is 35.5. The number of hydrogen-bond donors (Lipinski definition) is 2. The summed E-state index contributed by atoms with van der Waals surface area (Å²) in [6.07, 6.45) is 1.57. The van der Waals surface area contributed by atoms with Crippen molar-refractivity contribution in [2.45, 2.75) is 50.1 Å². The second-order valence-electron chi connectivity index (χ2n) is 6.37. The van der Waals surface area contributed by atoms with Gasteiger partial charge in [-0.3, -0.25) is 4.79 Å². The van der Waals surface area contributed by atoms with Crippen LogP contribution in [0.1, 0.15) is 45.2 Å². The van der Waals surface area contributed by atoms with Crippen molar-refractivity contribution in [2.24, 2.45) is 0 Å². The Kier molecular flexibility index (Phi) is 5.58. The van der Waals surface area contributed by atoms with Crippen molar-refractivity contribution < 1.29 is 4.79 Å². The fraction of sp³-hybridized carbons (Fsp3) is 0.562. The lowest BCUT2D eigenvalue weighted by molar-refractivity contribution is -0.122. The van der Waals surface area contributed by atoms with Gasteiger partial charge in [0, 0.05) is 34.5 Å². The number of carbonyl (C=O) groups excluding carboxylic acids is 1. The molecule has 1 amide bonds. The first-order chi connectivity index (χ1) is 9.85. The fourth-order valence-electron chi connectivity index (χ4n) is 2.42. The monoisotopic (exact) mass is 326 g/mol. The first kappa shape index (κ1) is 16.7. The van der Waals surface area contributed by atoms with Gasteiger partial charge < -0.3 is 10.6 Å². The lowest BCUT2D eigenvalue weighted by atomic mass is 10.0. The Morgan fingerprint density at radius 2 is 2.19 bits per heavy atom. The molecule has 2 rings (SSSR count). The molecule has 3 nitrogen and oxygen atoms in total. The van der Waals surface area contributed by atoms with E-state index in [9.17, 15) is 4.79 Å². The van der Waals surface area contributed by atoms with Gasteiger partial charge in [-0.25, -0.2) is 0 Å². The van der Waals surface area contributed by atoms with Crippen LogP contribution in [0.15, 0.2) is 23.1 Å². The van der Waals surface area contributed by atoms with E-state index < -0.39 is 0 Å². The van der Waals surface area contributed by atoms with Gasteiger partial charge in [0.2, 0.25) is 5.91 Å². The van der Waals surface area contributed by atoms with Gasteiger partial charge in [0.25, 0.3) is 0 Å². The molecule has 0 radical (unpaired) electrons. The molecule has 0 fully saturated rings. The summed E-state index contributed by atoms with van der Waals surface area (Å²) in [7, 11) is 0. The molecule has 0 bridgehead atoms. The number of nitrogens with one attached hydrogen (secondary N) is 2. The molecule has 2 N–H and O–H groups in total. The van der Waals surface area contributed by atoms with Gasteiger partial charge in [0.05, 0.1) is 0 Å². The fourth-order valence-corrected chi connectivity index (χ4v) is 3.70. The molecule has 21 heavy (non-hydrogen) atoms. The van der Waals surface area contributed by atoms with Crippen LogP contribution in [-0.4, -0.2) is 23.7 Å². The molecule has 0 aliphatic carbocycles. The zero-order chi connectivity index (χ0) is 15.5. The van der Waals surface area contributed by atoms with E-state index in [0.717, 1.165) is 17.2 Å². The lowest BCUT2D eigenvalue weighted by Gasteiger charge is -2.26. The Morgan fingerprint density at radius 1 is 1.43 bits per heavy atom. The molecule has 1 unspecified atom stereocenters. The number of rotatable bonds is 4. The van der Waals surface area contributed by atoms with Crippen LogP contribution in [0.3, 0.4) is 0 Å². The summed E-state index contributed by atoms with van der Waals surface area (Å²) in [5.41, 5.74) is 1.09. The topological polar surface area (TPSA) is 41.1 Å². The quantitative estimate of drug-likeness (QED) is 0.885. The predicted octanol–water partition coefficient (Wildman–Crippen LogP) is 3.77. The van der Waals surface area contributed by atoms with Crippen molar-refractivity contribution in [1.29, 1.82) is 0 Å². The molecule has 1 aliphatic rings. The third-order valence-electron chi connectivity index (χ3n) is 3.27. The normalized spacial score (nSPS) is 18.2. The second kappa shape index (κ2) is 7.03. The van der Waals surface area contributed by atoms with E-state index in [2.05, 4.69) is 16.7 Å². The van der Waals surface area contributed by atoms with E-state index >= 15 is 0 Å². The smallest absolute Gasteiger partial charge is 0.221 e. The Labute approximate surface area is 136 Å². The largest absolute Gasteiger partial charge is 0.351 e. The number of halogens is 1. The minimum absolute atomic E-state index is 0.0894. The van der Waals surface area contributed by atoms with E-state index in [4.69, 9.17) is 11.6 Å². The first-order valence-corrected chi connectivity index (χ1v) is 8.68. The van der Waals surface area contributed by atoms with E-state index in [1.807, 2.05) is 44.7 Å². The summed E-state index contributed by atoms with van der Waals surface area (Å²) in [6.45, 7) is 6.67. The van der Waals surface area contributed by atoms with Crippen LogP contribution in [-0.2, 0) is 4.79 Å². The lowest BCUT2D eigenvalue weighted by Crippen LogP contribution is -2.41. The third-order valence-corrected chi connectivity index (χ3v) is 4.63. The molecular formula is C16H23ClN2OS. The standard InChI is InChI=1S/C16H23ClN2OS/c1-16(2,3)19-15(20)6-8-18-13-7-9-21-14-5-4-11(17)10-12(13)14/h4-5,10,13,18H,6-9H2,1-3H3,(H,19,20). The van der Waals surface area contributed by atoms with Crippen LogP contribution in [0.2, 0.25) is 5.02 Å². The maximum Gasteiger partial charge on any atom is 0.221 e. The summed E-state index contributed by atoms with van der Waals surface area (Å²) in [6, 6.07) is 6.35. The molecular weight excluding hydrogens is 304 g/mol. The van der Waals surface area contributed by atoms with Crippen molar-refractivity contribution in [3.8, 4) is 0 Å². The van der Waals surface area contributed by atoms with Crippen molar-refractivity contribution in [1.82, 2.24) is 10.6 Å². The van der Waals surface area contributed by atoms with Crippen LogP contribution in [0, 0.1) is 0 Å². The van der Waals surface area contributed by atoms with Crippen LogP contribution >= 0.6 is 23.4 Å². The predicted molar refractivity (Wildman–Crippen MR) is 90.0 cm³/mol. The van der Waals surface area contributed by atoms with Crippen molar-refractivity contribution in [3.63, 3.8) is 0 Å². The molecule has 1 aliphatic heterocycles. The van der Waals surface area contributed by atoms with Crippen LogP contribution in [0.4, 0.5) is 0 Å². The molecule has 1 atom stereocenters. The number of carbonyl (C=O) groups is 1. The molecule has 0 aromatic heterocycles. The minimum Gasteiger partial charge on any atom is -0.351 e. The highest BCUT2D eigenvalue weighted by molar-refractivity contribution is 7.99. The molecule has 1 aromatic rings. The summed E-state index contributed by atoms with van der Waals surface area (Å²) in [5, 5.41) is 7.24. The van der Waals surface area contributed by atoms with Gasteiger partial charge in [0.1, 0.15) is 0 Å². The average molecular weight is 327 g/mol. The van der Waals surface area contributed by atoms with Gasteiger partial charge in [-0.1, -0.05) is 11.6 Å². The number of hydrogen-bond acceptors (Lipinski definition) is 3. The summed E-state index contributed by atoms with van der Waals surface area (Å²) in [4.78, 5) is 13.1. The average Bonchev–Trinajstić information content (AvgIpc) is 2.37. The van der Waals surface area contributed by atoms with E-state index in [-0.39, 0.29) is 11.4 Å². The minimum atomic E-state index is -0.168. The highest BCUT2D eigenvalue weighted by Gasteiger charge is 2.21. The van der Waals surface area contributed by atoms with E-state index in [1.165, 1.54) is 10.5 Å². The zero-order valence-electron chi connectivity index (χ0n) is 12.8. The molecule has 0 saturated carbocycles. The Balaban J connectivity index is 1.88. The van der Waals surface area contributed by atoms with E-state index in [0.29, 0.717) is 19.0 Å². The van der Waals surface area contributed by atoms with Crippen molar-refractivity contribution in [3.05, 3.63) is 28.8 Å². The van der Waals surface area contributed by atoms with Gasteiger partial charge in [-0.2, -0.15) is 0 Å². The molecule has 0 saturated heterocycles. The molecule has 1 heterocycles. The molecule has 1 aromatic carbocycles. The van der Waals surface area contributed by atoms with Crippen LogP contribution in [0.25, 0.3) is 0 Å². The summed E-state index contributed by atoms with van der Waals surface area (Å²) < 4.78 is 0. The molecule has 116 valence electrons. The number of thioether (sulfide) groups is 1. The maximum atomic E-state index is 11.8. The number of benzene rings is 1. The second-order valence-corrected chi connectivity index (χ2v) is 7.95. The van der Waals surface area contributed by atoms with Gasteiger partial charge >= 0.3 is 0 Å². The SMILES string of the molecule is CC(C)(C)NC(=O)CCNC1CCSc2ccc(Cl)cc21. The van der Waals surface area contributed by atoms with Gasteiger partial charge in [0.15, 0.2) is 0 Å². The third kappa shape index (κ3) is 5.20. The number of fused-ring (bicyclic) bond motifs is 1. The first-order valence-electron chi connectivity index (χ1n) is 7.32. The Morgan fingerprint density at radius 3 is 2.90 bits per heavy atom. The molecule has 0 spiro atoms. The Hall–Kier alpha value is -0.710. The van der Waals surface area contributed by atoms with Crippen LogP contribution in [0.5, 0.6) is 0 Å². The number of amides is 1. The summed E-state index contributed by atoms with van der Waals surface area (Å²) in [5.74, 6) is 1.19. The summed E-state index contributed by atoms with van der Waals surface area (Å²) >= 11 is 7.97. The Bertz CT molecular complexity index is 513.